The molecule has 0 amide bonds. The van der Waals surface area contributed by atoms with Gasteiger partial charge in [-0.3, -0.25) is 4.90 Å². The van der Waals surface area contributed by atoms with Crippen LogP contribution in [0.3, 0.4) is 0 Å². The van der Waals surface area contributed by atoms with Crippen molar-refractivity contribution in [2.75, 3.05) is 45.7 Å². The first-order valence-corrected chi connectivity index (χ1v) is 10.3. The Morgan fingerprint density at radius 2 is 1.86 bits per heavy atom. The highest BCUT2D eigenvalue weighted by Gasteiger charge is 2.12. The Labute approximate surface area is 178 Å². The van der Waals surface area contributed by atoms with Gasteiger partial charge in [0.15, 0.2) is 5.96 Å². The second-order valence-electron chi connectivity index (χ2n) is 7.43. The summed E-state index contributed by atoms with van der Waals surface area (Å²) in [4.78, 5) is 9.35. The molecule has 0 saturated carbocycles. The van der Waals surface area contributed by atoms with Gasteiger partial charge in [0, 0.05) is 25.3 Å². The first kappa shape index (κ1) is 21.4. The van der Waals surface area contributed by atoms with Crippen LogP contribution in [0.1, 0.15) is 17.5 Å². The molecule has 0 aromatic heterocycles. The molecule has 156 valence electrons. The predicted octanol–water partition coefficient (Wildman–Crippen LogP) is 3.41. The highest BCUT2D eigenvalue weighted by Crippen LogP contribution is 2.27. The third kappa shape index (κ3) is 6.63. The molecule has 3 N–H and O–H groups in total. The molecule has 0 spiro atoms. The number of rotatable bonds is 6. The summed E-state index contributed by atoms with van der Waals surface area (Å²) in [5.74, 6) is 0.976. The average molecular weight is 416 g/mol. The maximum absolute atomic E-state index is 6.14. The number of anilines is 1. The minimum absolute atomic E-state index is 0.351. The molecule has 0 bridgehead atoms. The van der Waals surface area contributed by atoms with Gasteiger partial charge in [0.05, 0.1) is 18.7 Å². The fourth-order valence-electron chi connectivity index (χ4n) is 3.37. The molecule has 1 fully saturated rings. The van der Waals surface area contributed by atoms with Crippen molar-refractivity contribution in [3.8, 4) is 5.75 Å². The zero-order chi connectivity index (χ0) is 20.6. The van der Waals surface area contributed by atoms with Gasteiger partial charge < -0.3 is 20.7 Å². The highest BCUT2D eigenvalue weighted by molar-refractivity contribution is 6.32. The highest BCUT2D eigenvalue weighted by atomic mass is 35.5. The fourth-order valence-corrected chi connectivity index (χ4v) is 3.63. The maximum Gasteiger partial charge on any atom is 0.193 e. The quantitative estimate of drug-likeness (QED) is 0.559. The minimum atomic E-state index is 0.351. The molecule has 0 aliphatic carbocycles. The zero-order valence-corrected chi connectivity index (χ0v) is 18.0. The van der Waals surface area contributed by atoms with E-state index in [4.69, 9.17) is 22.1 Å². The number of aliphatic imine (C=N–C) groups is 1. The van der Waals surface area contributed by atoms with Crippen LogP contribution in [-0.2, 0) is 13.1 Å². The molecule has 3 rings (SSSR count). The summed E-state index contributed by atoms with van der Waals surface area (Å²) < 4.78 is 5.15. The summed E-state index contributed by atoms with van der Waals surface area (Å²) >= 11 is 6.14. The van der Waals surface area contributed by atoms with Crippen molar-refractivity contribution in [3.05, 3.63) is 58.6 Å². The average Bonchev–Trinajstić information content (AvgIpc) is 2.92. The molecule has 6 nitrogen and oxygen atoms in total. The van der Waals surface area contributed by atoms with Crippen LogP contribution < -0.4 is 15.8 Å². The van der Waals surface area contributed by atoms with Crippen molar-refractivity contribution in [2.45, 2.75) is 19.5 Å². The van der Waals surface area contributed by atoms with Gasteiger partial charge >= 0.3 is 0 Å². The van der Waals surface area contributed by atoms with Crippen LogP contribution in [0.5, 0.6) is 5.75 Å². The second-order valence-corrected chi connectivity index (χ2v) is 7.83. The predicted molar refractivity (Wildman–Crippen MR) is 121 cm³/mol. The van der Waals surface area contributed by atoms with E-state index < -0.39 is 0 Å². The summed E-state index contributed by atoms with van der Waals surface area (Å²) in [5.41, 5.74) is 9.24. The number of hydrogen-bond donors (Lipinski definition) is 2. The van der Waals surface area contributed by atoms with Gasteiger partial charge in [-0.25, -0.2) is 4.99 Å². The maximum atomic E-state index is 6.14. The topological polar surface area (TPSA) is 66.1 Å². The van der Waals surface area contributed by atoms with E-state index in [9.17, 15) is 0 Å². The van der Waals surface area contributed by atoms with Gasteiger partial charge in [-0.15, -0.1) is 0 Å². The molecular weight excluding hydrogens is 386 g/mol. The number of benzene rings is 2. The van der Waals surface area contributed by atoms with Crippen LogP contribution in [0.15, 0.2) is 47.5 Å². The fraction of sp³-hybridized carbons (Fsp3) is 0.409. The Morgan fingerprint density at radius 3 is 2.59 bits per heavy atom. The summed E-state index contributed by atoms with van der Waals surface area (Å²) in [5, 5.41) is 3.58. The minimum Gasteiger partial charge on any atom is -0.495 e. The van der Waals surface area contributed by atoms with Crippen molar-refractivity contribution < 1.29 is 4.74 Å². The third-order valence-corrected chi connectivity index (χ3v) is 5.39. The van der Waals surface area contributed by atoms with Crippen molar-refractivity contribution in [1.82, 2.24) is 9.80 Å². The van der Waals surface area contributed by atoms with Crippen molar-refractivity contribution in [3.63, 3.8) is 0 Å². The van der Waals surface area contributed by atoms with Gasteiger partial charge in [-0.1, -0.05) is 35.9 Å². The number of nitrogens with zero attached hydrogens (tertiary/aromatic N) is 3. The van der Waals surface area contributed by atoms with Crippen molar-refractivity contribution >= 4 is 23.2 Å². The molecule has 0 unspecified atom stereocenters. The Balaban J connectivity index is 1.51. The van der Waals surface area contributed by atoms with Crippen LogP contribution in [0.2, 0.25) is 5.02 Å². The van der Waals surface area contributed by atoms with Gasteiger partial charge in [0.2, 0.25) is 0 Å². The van der Waals surface area contributed by atoms with Crippen LogP contribution in [-0.4, -0.2) is 56.1 Å². The van der Waals surface area contributed by atoms with E-state index in [0.717, 1.165) is 37.4 Å². The molecule has 2 aromatic carbocycles. The summed E-state index contributed by atoms with van der Waals surface area (Å²) in [7, 11) is 3.78. The lowest BCUT2D eigenvalue weighted by Crippen LogP contribution is -2.28. The molecule has 0 atom stereocenters. The van der Waals surface area contributed by atoms with Gasteiger partial charge in [0.1, 0.15) is 5.75 Å². The lowest BCUT2D eigenvalue weighted by Gasteiger charge is -2.20. The summed E-state index contributed by atoms with van der Waals surface area (Å²) in [6.45, 7) is 6.13. The number of methoxy groups -OCH3 is 1. The monoisotopic (exact) mass is 415 g/mol. The number of likely N-dealkylation sites (N-methyl/N-ethyl adjacent to an activating group) is 1. The number of guanidine groups is 1. The molecular formula is C22H30ClN5O. The van der Waals surface area contributed by atoms with Gasteiger partial charge in [-0.2, -0.15) is 0 Å². The number of ether oxygens (including phenoxy) is 1. The Hall–Kier alpha value is -2.28. The Kier molecular flexibility index (Phi) is 7.75. The van der Waals surface area contributed by atoms with Crippen LogP contribution in [0, 0.1) is 0 Å². The lowest BCUT2D eigenvalue weighted by molar-refractivity contribution is 0.269. The standard InChI is InChI=1S/C22H30ClN5O/c1-27-10-3-11-28(13-12-27)16-18-6-4-17(5-7-18)15-25-22(24)26-19-8-9-21(29-2)20(23)14-19/h4-9,14H,3,10-13,15-16H2,1-2H3,(H3,24,25,26). The van der Waals surface area contributed by atoms with Crippen LogP contribution in [0.25, 0.3) is 0 Å². The Morgan fingerprint density at radius 1 is 1.10 bits per heavy atom. The van der Waals surface area contributed by atoms with E-state index in [-0.39, 0.29) is 0 Å². The number of nitrogens with two attached hydrogens (primary N) is 1. The van der Waals surface area contributed by atoms with E-state index in [1.807, 2.05) is 6.07 Å². The zero-order valence-electron chi connectivity index (χ0n) is 17.2. The van der Waals surface area contributed by atoms with E-state index in [0.29, 0.717) is 23.3 Å². The molecule has 0 radical (unpaired) electrons. The van der Waals surface area contributed by atoms with Crippen LogP contribution >= 0.6 is 11.6 Å². The largest absolute Gasteiger partial charge is 0.495 e. The second kappa shape index (κ2) is 10.5. The first-order valence-electron chi connectivity index (χ1n) is 9.92. The van der Waals surface area contributed by atoms with Gasteiger partial charge in [0.25, 0.3) is 0 Å². The molecule has 1 aliphatic heterocycles. The summed E-state index contributed by atoms with van der Waals surface area (Å²) in [6.07, 6.45) is 1.23. The van der Waals surface area contributed by atoms with E-state index in [2.05, 4.69) is 51.4 Å². The van der Waals surface area contributed by atoms with E-state index >= 15 is 0 Å². The normalized spacial score (nSPS) is 16.4. The third-order valence-electron chi connectivity index (χ3n) is 5.10. The molecule has 1 heterocycles. The molecule has 2 aromatic rings. The lowest BCUT2D eigenvalue weighted by atomic mass is 10.1. The molecule has 29 heavy (non-hydrogen) atoms. The Bertz CT molecular complexity index is 824. The number of halogens is 1. The SMILES string of the molecule is COc1ccc(NC(N)=NCc2ccc(CN3CCCN(C)CC3)cc2)cc1Cl. The summed E-state index contributed by atoms with van der Waals surface area (Å²) in [6, 6.07) is 14.0. The first-order chi connectivity index (χ1) is 14.0. The molecule has 1 saturated heterocycles. The van der Waals surface area contributed by atoms with E-state index in [1.165, 1.54) is 18.5 Å². The van der Waals surface area contributed by atoms with Crippen molar-refractivity contribution in [1.29, 1.82) is 0 Å². The number of hydrogen-bond acceptors (Lipinski definition) is 4. The van der Waals surface area contributed by atoms with E-state index in [1.54, 1.807) is 19.2 Å². The van der Waals surface area contributed by atoms with Gasteiger partial charge in [-0.05, 0) is 55.9 Å². The molecule has 7 heteroatoms. The molecule has 1 aliphatic rings. The number of nitrogens with one attached hydrogen (secondary N) is 1. The van der Waals surface area contributed by atoms with Crippen molar-refractivity contribution in [2.24, 2.45) is 10.7 Å². The van der Waals surface area contributed by atoms with Crippen LogP contribution in [0.4, 0.5) is 5.69 Å². The smallest absolute Gasteiger partial charge is 0.193 e.